The number of hydrogen-bond acceptors (Lipinski definition) is 5. The van der Waals surface area contributed by atoms with Crippen molar-refractivity contribution >= 4 is 16.0 Å². The highest BCUT2D eigenvalue weighted by atomic mass is 32.2. The molecule has 1 unspecified atom stereocenters. The van der Waals surface area contributed by atoms with E-state index in [0.29, 0.717) is 38.6 Å². The molecule has 0 spiro atoms. The molecule has 0 radical (unpaired) electrons. The van der Waals surface area contributed by atoms with Gasteiger partial charge in [-0.15, -0.1) is 0 Å². The summed E-state index contributed by atoms with van der Waals surface area (Å²) in [6, 6.07) is 0. The van der Waals surface area contributed by atoms with Crippen molar-refractivity contribution < 1.29 is 17.9 Å². The van der Waals surface area contributed by atoms with Crippen LogP contribution in [0.5, 0.6) is 0 Å². The summed E-state index contributed by atoms with van der Waals surface area (Å²) in [6.45, 7) is 4.88. The zero-order valence-electron chi connectivity index (χ0n) is 12.7. The average Bonchev–Trinajstić information content (AvgIpc) is 2.36. The largest absolute Gasteiger partial charge is 0.466 e. The van der Waals surface area contributed by atoms with Crippen molar-refractivity contribution in [3.05, 3.63) is 0 Å². The molecule has 1 rings (SSSR count). The number of esters is 1. The second kappa shape index (κ2) is 7.95. The molecule has 1 heterocycles. The number of nitrogens with zero attached hydrogens (tertiary/aromatic N) is 2. The van der Waals surface area contributed by atoms with Crippen molar-refractivity contribution in [3.8, 4) is 0 Å². The van der Waals surface area contributed by atoms with E-state index >= 15 is 0 Å². The van der Waals surface area contributed by atoms with Gasteiger partial charge in [-0.2, -0.15) is 0 Å². The van der Waals surface area contributed by atoms with E-state index in [0.717, 1.165) is 19.4 Å². The minimum absolute atomic E-state index is 0.180. The van der Waals surface area contributed by atoms with Gasteiger partial charge in [0.2, 0.25) is 10.0 Å². The summed E-state index contributed by atoms with van der Waals surface area (Å²) in [5.74, 6) is 0.159. The minimum Gasteiger partial charge on any atom is -0.466 e. The monoisotopic (exact) mass is 306 g/mol. The quantitative estimate of drug-likeness (QED) is 0.642. The third-order valence-corrected chi connectivity index (χ3v) is 4.79. The lowest BCUT2D eigenvalue weighted by atomic mass is 9.99. The Bertz CT molecular complexity index is 411. The second-order valence-corrected chi connectivity index (χ2v) is 7.43. The molecule has 6 nitrogen and oxygen atoms in total. The van der Waals surface area contributed by atoms with Crippen molar-refractivity contribution in [2.75, 3.05) is 46.1 Å². The Morgan fingerprint density at radius 3 is 2.75 bits per heavy atom. The molecule has 118 valence electrons. The maximum absolute atomic E-state index is 11.6. The topological polar surface area (TPSA) is 66.9 Å². The van der Waals surface area contributed by atoms with E-state index in [2.05, 4.69) is 4.90 Å². The Balaban J connectivity index is 2.34. The third-order valence-electron chi connectivity index (χ3n) is 3.52. The van der Waals surface area contributed by atoms with Crippen molar-refractivity contribution in [1.82, 2.24) is 9.21 Å². The SMILES string of the molecule is CCOC(=O)CCN(C)CC1CCCN(S(C)(=O)=O)C1. The van der Waals surface area contributed by atoms with Gasteiger partial charge in [-0.25, -0.2) is 12.7 Å². The van der Waals surface area contributed by atoms with Crippen LogP contribution in [-0.2, 0) is 19.6 Å². The van der Waals surface area contributed by atoms with E-state index in [1.165, 1.54) is 6.26 Å². The Labute approximate surface area is 122 Å². The van der Waals surface area contributed by atoms with Gasteiger partial charge < -0.3 is 9.64 Å². The molecule has 1 aliphatic rings. The van der Waals surface area contributed by atoms with E-state index in [-0.39, 0.29) is 5.97 Å². The van der Waals surface area contributed by atoms with Crippen molar-refractivity contribution in [3.63, 3.8) is 0 Å². The Hall–Kier alpha value is -0.660. The van der Waals surface area contributed by atoms with Crippen molar-refractivity contribution in [2.24, 2.45) is 5.92 Å². The van der Waals surface area contributed by atoms with Crippen LogP contribution in [0, 0.1) is 5.92 Å². The average molecular weight is 306 g/mol. The number of piperidine rings is 1. The normalized spacial score (nSPS) is 21.1. The fourth-order valence-corrected chi connectivity index (χ4v) is 3.47. The molecule has 1 fully saturated rings. The molecule has 1 atom stereocenters. The van der Waals surface area contributed by atoms with Crippen LogP contribution in [0.4, 0.5) is 0 Å². The molecular formula is C13H26N2O4S. The van der Waals surface area contributed by atoms with Crippen molar-refractivity contribution in [1.29, 1.82) is 0 Å². The summed E-state index contributed by atoms with van der Waals surface area (Å²) in [7, 11) is -1.13. The zero-order chi connectivity index (χ0) is 15.2. The highest BCUT2D eigenvalue weighted by Gasteiger charge is 2.26. The lowest BCUT2D eigenvalue weighted by Crippen LogP contribution is -2.42. The van der Waals surface area contributed by atoms with Crippen LogP contribution in [0.1, 0.15) is 26.2 Å². The molecule has 0 aliphatic carbocycles. The molecule has 0 aromatic heterocycles. The molecule has 0 aromatic rings. The van der Waals surface area contributed by atoms with E-state index < -0.39 is 10.0 Å². The van der Waals surface area contributed by atoms with Crippen molar-refractivity contribution in [2.45, 2.75) is 26.2 Å². The molecule has 0 amide bonds. The smallest absolute Gasteiger partial charge is 0.307 e. The molecule has 0 N–H and O–H groups in total. The number of ether oxygens (including phenoxy) is 1. The first-order chi connectivity index (χ1) is 9.32. The van der Waals surface area contributed by atoms with Gasteiger partial charge in [0.1, 0.15) is 0 Å². The molecule has 7 heteroatoms. The van der Waals surface area contributed by atoms with Crippen LogP contribution >= 0.6 is 0 Å². The maximum Gasteiger partial charge on any atom is 0.307 e. The summed E-state index contributed by atoms with van der Waals surface area (Å²) in [5, 5.41) is 0. The molecule has 20 heavy (non-hydrogen) atoms. The summed E-state index contributed by atoms with van der Waals surface area (Å²) < 4.78 is 29.6. The third kappa shape index (κ3) is 6.19. The van der Waals surface area contributed by atoms with Crippen LogP contribution in [0.15, 0.2) is 0 Å². The fourth-order valence-electron chi connectivity index (χ4n) is 2.52. The molecular weight excluding hydrogens is 280 g/mol. The van der Waals surface area contributed by atoms with Crippen LogP contribution in [-0.4, -0.2) is 69.7 Å². The first-order valence-electron chi connectivity index (χ1n) is 7.12. The van der Waals surface area contributed by atoms with Gasteiger partial charge in [0, 0.05) is 26.2 Å². The molecule has 0 bridgehead atoms. The molecule has 1 aliphatic heterocycles. The van der Waals surface area contributed by atoms with E-state index in [1.807, 2.05) is 7.05 Å². The summed E-state index contributed by atoms with van der Waals surface area (Å²) >= 11 is 0. The number of carbonyl (C=O) groups is 1. The fraction of sp³-hybridized carbons (Fsp3) is 0.923. The lowest BCUT2D eigenvalue weighted by molar-refractivity contribution is -0.143. The minimum atomic E-state index is -3.09. The van der Waals surface area contributed by atoms with E-state index in [4.69, 9.17) is 4.74 Å². The van der Waals surface area contributed by atoms with Crippen LogP contribution < -0.4 is 0 Å². The Morgan fingerprint density at radius 2 is 2.15 bits per heavy atom. The van der Waals surface area contributed by atoms with Gasteiger partial charge in [0.25, 0.3) is 0 Å². The lowest BCUT2D eigenvalue weighted by Gasteiger charge is -2.33. The number of sulfonamides is 1. The van der Waals surface area contributed by atoms with Gasteiger partial charge in [0.15, 0.2) is 0 Å². The number of rotatable bonds is 7. The highest BCUT2D eigenvalue weighted by Crippen LogP contribution is 2.19. The van der Waals surface area contributed by atoms with Gasteiger partial charge in [-0.1, -0.05) is 0 Å². The van der Waals surface area contributed by atoms with Crippen LogP contribution in [0.2, 0.25) is 0 Å². The van der Waals surface area contributed by atoms with E-state index in [9.17, 15) is 13.2 Å². The predicted octanol–water partition coefficient (Wildman–Crippen LogP) is 0.543. The van der Waals surface area contributed by atoms with Crippen LogP contribution in [0.25, 0.3) is 0 Å². The summed E-state index contributed by atoms with van der Waals surface area (Å²) in [5.41, 5.74) is 0. The molecule has 0 aromatic carbocycles. The van der Waals surface area contributed by atoms with E-state index in [1.54, 1.807) is 11.2 Å². The Kier molecular flexibility index (Phi) is 6.91. The first kappa shape index (κ1) is 17.4. The zero-order valence-corrected chi connectivity index (χ0v) is 13.5. The summed E-state index contributed by atoms with van der Waals surface area (Å²) in [6.07, 6.45) is 3.59. The predicted molar refractivity (Wildman–Crippen MR) is 77.9 cm³/mol. The highest BCUT2D eigenvalue weighted by molar-refractivity contribution is 7.88. The maximum atomic E-state index is 11.6. The first-order valence-corrected chi connectivity index (χ1v) is 8.97. The van der Waals surface area contributed by atoms with Gasteiger partial charge in [-0.3, -0.25) is 4.79 Å². The van der Waals surface area contributed by atoms with Gasteiger partial charge in [-0.05, 0) is 32.7 Å². The van der Waals surface area contributed by atoms with Crippen LogP contribution in [0.3, 0.4) is 0 Å². The molecule has 1 saturated heterocycles. The second-order valence-electron chi connectivity index (χ2n) is 5.45. The Morgan fingerprint density at radius 1 is 1.45 bits per heavy atom. The summed E-state index contributed by atoms with van der Waals surface area (Å²) in [4.78, 5) is 13.4. The van der Waals surface area contributed by atoms with Gasteiger partial charge >= 0.3 is 5.97 Å². The standard InChI is InChI=1S/C13H26N2O4S/c1-4-19-13(16)7-9-14(2)10-12-6-5-8-15(11-12)20(3,17)18/h12H,4-11H2,1-3H3. The molecule has 0 saturated carbocycles. The number of hydrogen-bond donors (Lipinski definition) is 0. The van der Waals surface area contributed by atoms with Gasteiger partial charge in [0.05, 0.1) is 19.3 Å². The number of carbonyl (C=O) groups excluding carboxylic acids is 1.